The van der Waals surface area contributed by atoms with E-state index < -0.39 is 17.6 Å². The number of primary amides is 1. The summed E-state index contributed by atoms with van der Waals surface area (Å²) < 4.78 is 21.4. The van der Waals surface area contributed by atoms with Gasteiger partial charge in [0, 0.05) is 58.0 Å². The summed E-state index contributed by atoms with van der Waals surface area (Å²) in [7, 11) is 0. The predicted molar refractivity (Wildman–Crippen MR) is 150 cm³/mol. The standard InChI is InChI=1S/C30H26FN5O3/c1-17-5-7-18(8-6-17)30(38)35-23-4-2-3-20(26(23)31)22-16-33-28(29(32)37)27-25(22)21-10-9-19(15-24(21)34-27)36-11-13-39-14-12-36/h2-10,15-16,34H,11-14H2,1H3,(H2,32,37)(H,35,38). The van der Waals surface area contributed by atoms with Crippen LogP contribution >= 0.6 is 0 Å². The summed E-state index contributed by atoms with van der Waals surface area (Å²) in [6, 6.07) is 17.8. The first kappa shape index (κ1) is 24.6. The molecule has 2 amide bonds. The van der Waals surface area contributed by atoms with E-state index in [9.17, 15) is 9.59 Å². The minimum atomic E-state index is -0.689. The predicted octanol–water partition coefficient (Wildman–Crippen LogP) is 5.02. The molecule has 4 N–H and O–H groups in total. The lowest BCUT2D eigenvalue weighted by molar-refractivity contribution is 0.0994. The van der Waals surface area contributed by atoms with Crippen molar-refractivity contribution < 1.29 is 18.7 Å². The number of nitrogens with two attached hydrogens (primary N) is 1. The number of anilines is 2. The number of pyridine rings is 1. The van der Waals surface area contributed by atoms with Gasteiger partial charge < -0.3 is 25.7 Å². The fraction of sp³-hybridized carbons (Fsp3) is 0.167. The Morgan fingerprint density at radius 3 is 2.56 bits per heavy atom. The average molecular weight is 524 g/mol. The van der Waals surface area contributed by atoms with Gasteiger partial charge in [-0.2, -0.15) is 0 Å². The molecular formula is C30H26FN5O3. The number of ether oxygens (including phenoxy) is 1. The highest BCUT2D eigenvalue weighted by atomic mass is 19.1. The first-order valence-electron chi connectivity index (χ1n) is 12.6. The van der Waals surface area contributed by atoms with E-state index in [0.717, 1.165) is 35.2 Å². The molecule has 0 saturated carbocycles. The molecule has 2 aromatic heterocycles. The molecule has 6 rings (SSSR count). The Labute approximate surface area is 223 Å². The number of amides is 2. The largest absolute Gasteiger partial charge is 0.378 e. The van der Waals surface area contributed by atoms with Crippen molar-refractivity contribution in [1.82, 2.24) is 9.97 Å². The maximum absolute atomic E-state index is 15.9. The van der Waals surface area contributed by atoms with Crippen LogP contribution in [-0.4, -0.2) is 48.1 Å². The number of aromatic nitrogens is 2. The Morgan fingerprint density at radius 1 is 1.05 bits per heavy atom. The Hall–Kier alpha value is -4.76. The van der Waals surface area contributed by atoms with Crippen molar-refractivity contribution in [3.05, 3.63) is 89.5 Å². The topological polar surface area (TPSA) is 113 Å². The summed E-state index contributed by atoms with van der Waals surface area (Å²) in [4.78, 5) is 34.9. The van der Waals surface area contributed by atoms with Gasteiger partial charge >= 0.3 is 0 Å². The van der Waals surface area contributed by atoms with Crippen LogP contribution in [0.3, 0.4) is 0 Å². The highest BCUT2D eigenvalue weighted by Crippen LogP contribution is 2.39. The van der Waals surface area contributed by atoms with Crippen LogP contribution in [0, 0.1) is 12.7 Å². The van der Waals surface area contributed by atoms with Crippen molar-refractivity contribution >= 4 is 45.0 Å². The Kier molecular flexibility index (Phi) is 6.20. The van der Waals surface area contributed by atoms with E-state index in [4.69, 9.17) is 10.5 Å². The van der Waals surface area contributed by atoms with Gasteiger partial charge in [-0.05, 0) is 37.3 Å². The minimum absolute atomic E-state index is 0.0413. The molecule has 0 spiro atoms. The van der Waals surface area contributed by atoms with Gasteiger partial charge in [-0.15, -0.1) is 0 Å². The number of nitrogens with zero attached hydrogens (tertiary/aromatic N) is 2. The van der Waals surface area contributed by atoms with E-state index in [1.807, 2.05) is 37.3 Å². The molecule has 5 aromatic rings. The quantitative estimate of drug-likeness (QED) is 0.299. The molecule has 1 fully saturated rings. The Balaban J connectivity index is 1.46. The van der Waals surface area contributed by atoms with Crippen LogP contribution in [-0.2, 0) is 4.74 Å². The van der Waals surface area contributed by atoms with Gasteiger partial charge in [-0.3, -0.25) is 9.59 Å². The molecule has 0 bridgehead atoms. The number of aryl methyl sites for hydroxylation is 1. The fourth-order valence-corrected chi connectivity index (χ4v) is 5.05. The average Bonchev–Trinajstić information content (AvgIpc) is 3.33. The lowest BCUT2D eigenvalue weighted by Gasteiger charge is -2.28. The number of morpholine rings is 1. The van der Waals surface area contributed by atoms with Crippen molar-refractivity contribution in [1.29, 1.82) is 0 Å². The third-order valence-electron chi connectivity index (χ3n) is 7.07. The first-order chi connectivity index (χ1) is 18.9. The van der Waals surface area contributed by atoms with E-state index in [1.54, 1.807) is 24.3 Å². The molecule has 1 saturated heterocycles. The van der Waals surface area contributed by atoms with Crippen LogP contribution in [0.1, 0.15) is 26.4 Å². The summed E-state index contributed by atoms with van der Waals surface area (Å²) in [5, 5.41) is 4.11. The van der Waals surface area contributed by atoms with Crippen molar-refractivity contribution in [2.24, 2.45) is 5.73 Å². The van der Waals surface area contributed by atoms with Crippen LogP contribution in [0.2, 0.25) is 0 Å². The second kappa shape index (κ2) is 9.85. The van der Waals surface area contributed by atoms with Crippen LogP contribution in [0.5, 0.6) is 0 Å². The first-order valence-corrected chi connectivity index (χ1v) is 12.6. The number of hydrogen-bond acceptors (Lipinski definition) is 5. The zero-order valence-electron chi connectivity index (χ0n) is 21.3. The van der Waals surface area contributed by atoms with Gasteiger partial charge in [-0.25, -0.2) is 9.37 Å². The summed E-state index contributed by atoms with van der Waals surface area (Å²) in [6.45, 7) is 4.79. The van der Waals surface area contributed by atoms with Gasteiger partial charge in [0.15, 0.2) is 11.5 Å². The smallest absolute Gasteiger partial charge is 0.269 e. The molecule has 9 heteroatoms. The molecule has 3 heterocycles. The lowest BCUT2D eigenvalue weighted by atomic mass is 9.99. The van der Waals surface area contributed by atoms with Gasteiger partial charge in [0.25, 0.3) is 11.8 Å². The van der Waals surface area contributed by atoms with Crippen molar-refractivity contribution in [3.63, 3.8) is 0 Å². The Morgan fingerprint density at radius 2 is 1.82 bits per heavy atom. The molecule has 1 aliphatic heterocycles. The number of benzene rings is 3. The molecule has 0 atom stereocenters. The molecule has 8 nitrogen and oxygen atoms in total. The van der Waals surface area contributed by atoms with Crippen molar-refractivity contribution in [2.75, 3.05) is 36.5 Å². The number of fused-ring (bicyclic) bond motifs is 3. The molecule has 0 aliphatic carbocycles. The third-order valence-corrected chi connectivity index (χ3v) is 7.07. The highest BCUT2D eigenvalue weighted by molar-refractivity contribution is 6.19. The monoisotopic (exact) mass is 523 g/mol. The molecule has 196 valence electrons. The SMILES string of the molecule is Cc1ccc(C(=O)Nc2cccc(-c3cnc(C(N)=O)c4[nH]c5cc(N6CCOCC6)ccc5c34)c2F)cc1. The number of aromatic amines is 1. The van der Waals surface area contributed by atoms with E-state index in [1.165, 1.54) is 12.3 Å². The summed E-state index contributed by atoms with van der Waals surface area (Å²) in [5.74, 6) is -1.71. The number of halogens is 1. The van der Waals surface area contributed by atoms with Gasteiger partial charge in [0.05, 0.1) is 24.4 Å². The van der Waals surface area contributed by atoms with Gasteiger partial charge in [0.1, 0.15) is 0 Å². The summed E-state index contributed by atoms with van der Waals surface area (Å²) >= 11 is 0. The third kappa shape index (κ3) is 4.46. The van der Waals surface area contributed by atoms with Crippen molar-refractivity contribution in [2.45, 2.75) is 6.92 Å². The fourth-order valence-electron chi connectivity index (χ4n) is 5.05. The van der Waals surface area contributed by atoms with E-state index in [0.29, 0.717) is 35.2 Å². The second-order valence-corrected chi connectivity index (χ2v) is 9.58. The number of nitrogens with one attached hydrogen (secondary N) is 2. The van der Waals surface area contributed by atoms with Crippen LogP contribution in [0.4, 0.5) is 15.8 Å². The molecule has 0 unspecified atom stereocenters. The number of hydrogen-bond donors (Lipinski definition) is 3. The lowest BCUT2D eigenvalue weighted by Crippen LogP contribution is -2.36. The zero-order valence-corrected chi connectivity index (χ0v) is 21.3. The number of carbonyl (C=O) groups is 2. The molecule has 3 aromatic carbocycles. The van der Waals surface area contributed by atoms with Gasteiger partial charge in [-0.1, -0.05) is 35.9 Å². The number of carbonyl (C=O) groups excluding carboxylic acids is 2. The second-order valence-electron chi connectivity index (χ2n) is 9.58. The Bertz CT molecular complexity index is 1740. The molecule has 1 aliphatic rings. The summed E-state index contributed by atoms with van der Waals surface area (Å²) in [6.07, 6.45) is 1.45. The van der Waals surface area contributed by atoms with Gasteiger partial charge in [0.2, 0.25) is 0 Å². The number of H-pyrrole nitrogens is 1. The maximum Gasteiger partial charge on any atom is 0.269 e. The van der Waals surface area contributed by atoms with E-state index in [2.05, 4.69) is 20.2 Å². The molecular weight excluding hydrogens is 497 g/mol. The molecule has 0 radical (unpaired) electrons. The normalized spacial score (nSPS) is 13.6. The van der Waals surface area contributed by atoms with Crippen LogP contribution < -0.4 is 16.0 Å². The van der Waals surface area contributed by atoms with E-state index in [-0.39, 0.29) is 16.9 Å². The maximum atomic E-state index is 15.9. The van der Waals surface area contributed by atoms with Crippen LogP contribution in [0.25, 0.3) is 32.9 Å². The van der Waals surface area contributed by atoms with E-state index >= 15 is 4.39 Å². The molecule has 39 heavy (non-hydrogen) atoms. The minimum Gasteiger partial charge on any atom is -0.378 e. The van der Waals surface area contributed by atoms with Crippen LogP contribution in [0.15, 0.2) is 66.9 Å². The highest BCUT2D eigenvalue weighted by Gasteiger charge is 2.22. The summed E-state index contributed by atoms with van der Waals surface area (Å²) in [5.41, 5.74) is 10.1. The number of rotatable bonds is 5. The van der Waals surface area contributed by atoms with Crippen molar-refractivity contribution in [3.8, 4) is 11.1 Å². The zero-order chi connectivity index (χ0) is 27.1.